The Hall–Kier alpha value is -3.67. The lowest BCUT2D eigenvalue weighted by Gasteiger charge is -2.17. The van der Waals surface area contributed by atoms with Gasteiger partial charge >= 0.3 is 0 Å². The SMILES string of the molecule is COc1ccc2cc(CN(C)C(=O)CCc3nnc(-c4ccccc4)o3)ccc2c1. The van der Waals surface area contributed by atoms with Gasteiger partial charge in [-0.1, -0.05) is 36.4 Å². The second-order valence-corrected chi connectivity index (χ2v) is 7.16. The number of ether oxygens (including phenoxy) is 1. The molecule has 1 amide bonds. The van der Waals surface area contributed by atoms with Crippen molar-refractivity contribution in [1.82, 2.24) is 15.1 Å². The van der Waals surface area contributed by atoms with Gasteiger partial charge in [-0.25, -0.2) is 0 Å². The van der Waals surface area contributed by atoms with Crippen LogP contribution in [0.2, 0.25) is 0 Å². The van der Waals surface area contributed by atoms with Crippen molar-refractivity contribution in [2.75, 3.05) is 14.2 Å². The fourth-order valence-electron chi connectivity index (χ4n) is 3.32. The molecule has 6 heteroatoms. The lowest BCUT2D eigenvalue weighted by molar-refractivity contribution is -0.130. The molecule has 0 bridgehead atoms. The number of carbonyl (C=O) groups excluding carboxylic acids is 1. The van der Waals surface area contributed by atoms with Crippen molar-refractivity contribution < 1.29 is 13.9 Å². The molecule has 0 saturated carbocycles. The number of rotatable bonds is 7. The lowest BCUT2D eigenvalue weighted by atomic mass is 10.1. The third-order valence-corrected chi connectivity index (χ3v) is 5.00. The van der Waals surface area contributed by atoms with E-state index < -0.39 is 0 Å². The maximum absolute atomic E-state index is 12.6. The number of hydrogen-bond donors (Lipinski definition) is 0. The Balaban J connectivity index is 1.35. The summed E-state index contributed by atoms with van der Waals surface area (Å²) in [4.78, 5) is 14.3. The van der Waals surface area contributed by atoms with Crippen molar-refractivity contribution in [3.63, 3.8) is 0 Å². The van der Waals surface area contributed by atoms with Crippen LogP contribution < -0.4 is 4.74 Å². The number of aryl methyl sites for hydroxylation is 1. The summed E-state index contributed by atoms with van der Waals surface area (Å²) in [6, 6.07) is 21.7. The minimum Gasteiger partial charge on any atom is -0.497 e. The summed E-state index contributed by atoms with van der Waals surface area (Å²) in [5.74, 6) is 1.80. The highest BCUT2D eigenvalue weighted by molar-refractivity contribution is 5.84. The Morgan fingerprint density at radius 1 is 1.00 bits per heavy atom. The number of fused-ring (bicyclic) bond motifs is 1. The Labute approximate surface area is 175 Å². The highest BCUT2D eigenvalue weighted by Gasteiger charge is 2.14. The van der Waals surface area contributed by atoms with Gasteiger partial charge in [-0.15, -0.1) is 10.2 Å². The van der Waals surface area contributed by atoms with Gasteiger partial charge in [-0.2, -0.15) is 0 Å². The summed E-state index contributed by atoms with van der Waals surface area (Å²) in [5.41, 5.74) is 1.95. The quantitative estimate of drug-likeness (QED) is 0.456. The van der Waals surface area contributed by atoms with Gasteiger partial charge in [-0.3, -0.25) is 4.79 Å². The normalized spacial score (nSPS) is 10.9. The van der Waals surface area contributed by atoms with Crippen molar-refractivity contribution in [3.05, 3.63) is 78.2 Å². The largest absolute Gasteiger partial charge is 0.497 e. The number of nitrogens with zero attached hydrogens (tertiary/aromatic N) is 3. The fourth-order valence-corrected chi connectivity index (χ4v) is 3.32. The van der Waals surface area contributed by atoms with E-state index in [2.05, 4.69) is 22.3 Å². The first-order chi connectivity index (χ1) is 14.6. The molecule has 0 radical (unpaired) electrons. The molecular formula is C24H23N3O3. The van der Waals surface area contributed by atoms with E-state index in [-0.39, 0.29) is 5.91 Å². The van der Waals surface area contributed by atoms with Crippen LogP contribution in [0, 0.1) is 0 Å². The molecule has 0 aliphatic heterocycles. The third-order valence-electron chi connectivity index (χ3n) is 5.00. The van der Waals surface area contributed by atoms with Crippen LogP contribution in [0.25, 0.3) is 22.2 Å². The van der Waals surface area contributed by atoms with Crippen molar-refractivity contribution in [2.24, 2.45) is 0 Å². The highest BCUT2D eigenvalue weighted by atomic mass is 16.5. The first kappa shape index (κ1) is 19.6. The molecule has 3 aromatic carbocycles. The average Bonchev–Trinajstić information content (AvgIpc) is 3.26. The molecule has 1 heterocycles. The van der Waals surface area contributed by atoms with Crippen molar-refractivity contribution >= 4 is 16.7 Å². The van der Waals surface area contributed by atoms with Crippen LogP contribution in [-0.4, -0.2) is 35.2 Å². The van der Waals surface area contributed by atoms with Gasteiger partial charge in [0, 0.05) is 32.0 Å². The zero-order chi connectivity index (χ0) is 20.9. The molecule has 152 valence electrons. The molecule has 0 fully saturated rings. The molecule has 0 N–H and O–H groups in total. The number of aromatic nitrogens is 2. The summed E-state index contributed by atoms with van der Waals surface area (Å²) in [6.45, 7) is 0.542. The molecular weight excluding hydrogens is 378 g/mol. The second kappa shape index (κ2) is 8.78. The zero-order valence-electron chi connectivity index (χ0n) is 17.0. The Kier molecular flexibility index (Phi) is 5.75. The van der Waals surface area contributed by atoms with Crippen LogP contribution in [0.5, 0.6) is 5.75 Å². The molecule has 0 aliphatic carbocycles. The van der Waals surface area contributed by atoms with Crippen LogP contribution in [0.4, 0.5) is 0 Å². The number of hydrogen-bond acceptors (Lipinski definition) is 5. The van der Waals surface area contributed by atoms with Gasteiger partial charge in [0.1, 0.15) is 5.75 Å². The molecule has 4 rings (SSSR count). The molecule has 30 heavy (non-hydrogen) atoms. The van der Waals surface area contributed by atoms with Gasteiger partial charge in [0.25, 0.3) is 0 Å². The van der Waals surface area contributed by atoms with Crippen molar-refractivity contribution in [2.45, 2.75) is 19.4 Å². The van der Waals surface area contributed by atoms with E-state index in [4.69, 9.17) is 9.15 Å². The first-order valence-electron chi connectivity index (χ1n) is 9.81. The second-order valence-electron chi connectivity index (χ2n) is 7.16. The van der Waals surface area contributed by atoms with E-state index in [0.29, 0.717) is 31.2 Å². The van der Waals surface area contributed by atoms with E-state index in [1.54, 1.807) is 12.0 Å². The molecule has 4 aromatic rings. The number of amides is 1. The van der Waals surface area contributed by atoms with E-state index in [9.17, 15) is 4.79 Å². The standard InChI is InChI=1S/C24H23N3O3/c1-27(16-17-8-9-20-15-21(29-2)11-10-19(20)14-17)23(28)13-12-22-25-26-24(30-22)18-6-4-3-5-7-18/h3-11,14-15H,12-13,16H2,1-2H3. The summed E-state index contributed by atoms with van der Waals surface area (Å²) in [5, 5.41) is 10.4. The molecule has 1 aromatic heterocycles. The summed E-state index contributed by atoms with van der Waals surface area (Å²) < 4.78 is 11.0. The highest BCUT2D eigenvalue weighted by Crippen LogP contribution is 2.22. The third kappa shape index (κ3) is 4.49. The molecule has 0 atom stereocenters. The Morgan fingerprint density at radius 2 is 1.77 bits per heavy atom. The lowest BCUT2D eigenvalue weighted by Crippen LogP contribution is -2.26. The smallest absolute Gasteiger partial charge is 0.247 e. The minimum atomic E-state index is 0.0317. The van der Waals surface area contributed by atoms with E-state index in [1.807, 2.05) is 61.6 Å². The molecule has 6 nitrogen and oxygen atoms in total. The Bertz CT molecular complexity index is 1150. The molecule has 0 spiro atoms. The van der Waals surface area contributed by atoms with Crippen LogP contribution in [0.1, 0.15) is 17.9 Å². The van der Waals surface area contributed by atoms with Gasteiger partial charge in [0.2, 0.25) is 17.7 Å². The van der Waals surface area contributed by atoms with E-state index in [1.165, 1.54) is 0 Å². The predicted molar refractivity (Wildman–Crippen MR) is 115 cm³/mol. The fraction of sp³-hybridized carbons (Fsp3) is 0.208. The van der Waals surface area contributed by atoms with Crippen LogP contribution in [0.15, 0.2) is 71.1 Å². The Morgan fingerprint density at radius 3 is 2.57 bits per heavy atom. The monoisotopic (exact) mass is 401 g/mol. The van der Waals surface area contributed by atoms with Crippen LogP contribution in [0.3, 0.4) is 0 Å². The summed E-state index contributed by atoms with van der Waals surface area (Å²) in [6.07, 6.45) is 0.734. The number of carbonyl (C=O) groups is 1. The number of benzene rings is 3. The predicted octanol–water partition coefficient (Wildman–Crippen LogP) is 4.49. The van der Waals surface area contributed by atoms with Gasteiger partial charge in [-0.05, 0) is 46.7 Å². The number of methoxy groups -OCH3 is 1. The van der Waals surface area contributed by atoms with Crippen LogP contribution >= 0.6 is 0 Å². The van der Waals surface area contributed by atoms with Gasteiger partial charge in [0.15, 0.2) is 0 Å². The van der Waals surface area contributed by atoms with Crippen molar-refractivity contribution in [1.29, 1.82) is 0 Å². The minimum absolute atomic E-state index is 0.0317. The zero-order valence-corrected chi connectivity index (χ0v) is 17.0. The van der Waals surface area contributed by atoms with Crippen molar-refractivity contribution in [3.8, 4) is 17.2 Å². The van der Waals surface area contributed by atoms with Gasteiger partial charge < -0.3 is 14.1 Å². The molecule has 0 aliphatic rings. The molecule has 0 saturated heterocycles. The molecule has 0 unspecified atom stereocenters. The topological polar surface area (TPSA) is 68.5 Å². The summed E-state index contributed by atoms with van der Waals surface area (Å²) in [7, 11) is 3.47. The first-order valence-corrected chi connectivity index (χ1v) is 9.81. The van der Waals surface area contributed by atoms with E-state index >= 15 is 0 Å². The van der Waals surface area contributed by atoms with Gasteiger partial charge in [0.05, 0.1) is 7.11 Å². The maximum Gasteiger partial charge on any atom is 0.247 e. The summed E-state index contributed by atoms with van der Waals surface area (Å²) >= 11 is 0. The maximum atomic E-state index is 12.6. The van der Waals surface area contributed by atoms with E-state index in [0.717, 1.165) is 27.6 Å². The average molecular weight is 401 g/mol. The van der Waals surface area contributed by atoms with Crippen LogP contribution in [-0.2, 0) is 17.8 Å².